The summed E-state index contributed by atoms with van der Waals surface area (Å²) in [6.07, 6.45) is 4.92. The molecule has 0 unspecified atom stereocenters. The number of sulfonamides is 1. The van der Waals surface area contributed by atoms with E-state index in [1.807, 2.05) is 6.92 Å². The van der Waals surface area contributed by atoms with Crippen LogP contribution in [0.15, 0.2) is 35.5 Å². The number of aromatic nitrogens is 2. The number of aromatic amines is 1. The third-order valence-corrected chi connectivity index (χ3v) is 6.10. The third kappa shape index (κ3) is 2.59. The quantitative estimate of drug-likeness (QED) is 0.943. The summed E-state index contributed by atoms with van der Waals surface area (Å²) in [5.41, 5.74) is 0.933. The van der Waals surface area contributed by atoms with Crippen LogP contribution in [0.1, 0.15) is 30.3 Å². The van der Waals surface area contributed by atoms with Crippen LogP contribution in [0.2, 0.25) is 5.02 Å². The van der Waals surface area contributed by atoms with Gasteiger partial charge in [-0.25, -0.2) is 13.4 Å². The second kappa shape index (κ2) is 5.44. The maximum absolute atomic E-state index is 12.9. The van der Waals surface area contributed by atoms with Crippen LogP contribution in [0.3, 0.4) is 0 Å². The summed E-state index contributed by atoms with van der Waals surface area (Å²) >= 11 is 6.14. The van der Waals surface area contributed by atoms with Gasteiger partial charge in [0.2, 0.25) is 10.0 Å². The lowest BCUT2D eigenvalue weighted by Crippen LogP contribution is -2.31. The molecule has 1 aromatic carbocycles. The topological polar surface area (TPSA) is 66.1 Å². The highest BCUT2D eigenvalue weighted by Gasteiger charge is 2.38. The molecule has 0 spiro atoms. The molecule has 2 heterocycles. The summed E-state index contributed by atoms with van der Waals surface area (Å²) in [6.45, 7) is 2.36. The second-order valence-corrected chi connectivity index (χ2v) is 7.45. The van der Waals surface area contributed by atoms with Gasteiger partial charge in [0.25, 0.3) is 0 Å². The molecule has 1 aromatic heterocycles. The summed E-state index contributed by atoms with van der Waals surface area (Å²) in [7, 11) is -3.62. The highest BCUT2D eigenvalue weighted by atomic mass is 35.5. The Kier molecular flexibility index (Phi) is 3.77. The average Bonchev–Trinajstić information content (AvgIpc) is 3.09. The zero-order valence-corrected chi connectivity index (χ0v) is 13.2. The number of benzene rings is 1. The minimum atomic E-state index is -3.62. The first-order valence-corrected chi connectivity index (χ1v) is 8.59. The van der Waals surface area contributed by atoms with Gasteiger partial charge >= 0.3 is 0 Å². The zero-order chi connectivity index (χ0) is 15.0. The number of nitrogens with zero attached hydrogens (tertiary/aromatic N) is 2. The second-order valence-electron chi connectivity index (χ2n) is 5.18. The molecule has 1 fully saturated rings. The van der Waals surface area contributed by atoms with E-state index in [0.29, 0.717) is 12.4 Å². The molecule has 1 atom stereocenters. The summed E-state index contributed by atoms with van der Waals surface area (Å²) in [5.74, 6) is 0.680. The van der Waals surface area contributed by atoms with E-state index in [2.05, 4.69) is 9.97 Å². The molecule has 0 saturated carbocycles. The van der Waals surface area contributed by atoms with Crippen molar-refractivity contribution in [1.29, 1.82) is 0 Å². The third-order valence-electron chi connectivity index (χ3n) is 3.71. The molecule has 1 aliphatic heterocycles. The van der Waals surface area contributed by atoms with Crippen molar-refractivity contribution in [3.8, 4) is 0 Å². The van der Waals surface area contributed by atoms with E-state index in [9.17, 15) is 8.42 Å². The van der Waals surface area contributed by atoms with E-state index < -0.39 is 10.0 Å². The van der Waals surface area contributed by atoms with Gasteiger partial charge in [-0.3, -0.25) is 0 Å². The number of hydrogen-bond donors (Lipinski definition) is 1. The highest BCUT2D eigenvalue weighted by Crippen LogP contribution is 2.36. The van der Waals surface area contributed by atoms with Crippen LogP contribution in [0.4, 0.5) is 0 Å². The Morgan fingerprint density at radius 2 is 2.24 bits per heavy atom. The van der Waals surface area contributed by atoms with Crippen LogP contribution in [0.25, 0.3) is 0 Å². The Hall–Kier alpha value is -1.37. The fourth-order valence-corrected chi connectivity index (χ4v) is 4.94. The largest absolute Gasteiger partial charge is 0.347 e. The Labute approximate surface area is 129 Å². The number of halogens is 1. The van der Waals surface area contributed by atoms with Crippen molar-refractivity contribution in [1.82, 2.24) is 14.3 Å². The van der Waals surface area contributed by atoms with Gasteiger partial charge in [-0.1, -0.05) is 17.7 Å². The van der Waals surface area contributed by atoms with Gasteiger partial charge in [0.1, 0.15) is 10.7 Å². The first-order chi connectivity index (χ1) is 10.00. The minimum absolute atomic E-state index is 0.160. The zero-order valence-electron chi connectivity index (χ0n) is 11.6. The summed E-state index contributed by atoms with van der Waals surface area (Å²) in [4.78, 5) is 7.36. The number of aryl methyl sites for hydroxylation is 1. The van der Waals surface area contributed by atoms with Gasteiger partial charge in [0.15, 0.2) is 0 Å². The van der Waals surface area contributed by atoms with Crippen LogP contribution >= 0.6 is 11.6 Å². The summed E-state index contributed by atoms with van der Waals surface area (Å²) in [6, 6.07) is 4.76. The molecule has 21 heavy (non-hydrogen) atoms. The first-order valence-electron chi connectivity index (χ1n) is 6.77. The molecule has 2 aromatic rings. The van der Waals surface area contributed by atoms with Crippen molar-refractivity contribution in [2.75, 3.05) is 6.54 Å². The van der Waals surface area contributed by atoms with Crippen molar-refractivity contribution in [3.05, 3.63) is 47.0 Å². The first kappa shape index (κ1) is 14.6. The molecule has 7 heteroatoms. The van der Waals surface area contributed by atoms with Crippen LogP contribution < -0.4 is 0 Å². The van der Waals surface area contributed by atoms with E-state index >= 15 is 0 Å². The molecular weight excluding hydrogens is 310 g/mol. The number of H-pyrrole nitrogens is 1. The van der Waals surface area contributed by atoms with Gasteiger partial charge < -0.3 is 4.98 Å². The van der Waals surface area contributed by atoms with E-state index in [4.69, 9.17) is 11.6 Å². The Morgan fingerprint density at radius 3 is 2.90 bits per heavy atom. The molecule has 0 radical (unpaired) electrons. The lowest BCUT2D eigenvalue weighted by Gasteiger charge is -2.23. The molecule has 0 amide bonds. The Bertz CT molecular complexity index is 744. The van der Waals surface area contributed by atoms with Gasteiger partial charge in [-0.05, 0) is 37.5 Å². The molecular formula is C14H16ClN3O2S. The number of hydrogen-bond acceptors (Lipinski definition) is 3. The molecule has 1 aliphatic rings. The standard InChI is InChI=1S/C14H16ClN3O2S/c1-10-4-5-13(11(15)9-10)21(19,20)18-8-2-3-12(18)14-16-6-7-17-14/h4-7,9,12H,2-3,8H2,1H3,(H,16,17)/t12-/m0/s1. The van der Waals surface area contributed by atoms with Crippen LogP contribution in [-0.2, 0) is 10.0 Å². The fraction of sp³-hybridized carbons (Fsp3) is 0.357. The highest BCUT2D eigenvalue weighted by molar-refractivity contribution is 7.89. The molecule has 0 bridgehead atoms. The molecule has 5 nitrogen and oxygen atoms in total. The smallest absolute Gasteiger partial charge is 0.245 e. The maximum Gasteiger partial charge on any atom is 0.245 e. The number of nitrogens with one attached hydrogen (secondary N) is 1. The van der Waals surface area contributed by atoms with Gasteiger partial charge in [0.05, 0.1) is 11.1 Å². The normalized spacial score (nSPS) is 20.0. The predicted molar refractivity (Wildman–Crippen MR) is 80.6 cm³/mol. The van der Waals surface area contributed by atoms with Gasteiger partial charge in [0, 0.05) is 18.9 Å². The molecule has 1 N–H and O–H groups in total. The van der Waals surface area contributed by atoms with Crippen molar-refractivity contribution in [2.24, 2.45) is 0 Å². The van der Waals surface area contributed by atoms with E-state index in [1.54, 1.807) is 30.6 Å². The molecule has 112 valence electrons. The molecule has 3 rings (SSSR count). The van der Waals surface area contributed by atoms with Crippen molar-refractivity contribution >= 4 is 21.6 Å². The van der Waals surface area contributed by atoms with E-state index in [-0.39, 0.29) is 16.0 Å². The van der Waals surface area contributed by atoms with Crippen LogP contribution in [0, 0.1) is 6.92 Å². The minimum Gasteiger partial charge on any atom is -0.347 e. The average molecular weight is 326 g/mol. The van der Waals surface area contributed by atoms with Crippen molar-refractivity contribution in [2.45, 2.75) is 30.7 Å². The SMILES string of the molecule is Cc1ccc(S(=O)(=O)N2CCC[C@H]2c2ncc[nH]2)c(Cl)c1. The predicted octanol–water partition coefficient (Wildman–Crippen LogP) is 2.90. The lowest BCUT2D eigenvalue weighted by atomic mass is 10.2. The monoisotopic (exact) mass is 325 g/mol. The van der Waals surface area contributed by atoms with Crippen LogP contribution in [-0.4, -0.2) is 29.2 Å². The maximum atomic E-state index is 12.9. The molecule has 0 aliphatic carbocycles. The fourth-order valence-electron chi connectivity index (χ4n) is 2.70. The van der Waals surface area contributed by atoms with Crippen LogP contribution in [0.5, 0.6) is 0 Å². The summed E-state index contributed by atoms with van der Waals surface area (Å²) in [5, 5.41) is 0.264. The summed E-state index contributed by atoms with van der Waals surface area (Å²) < 4.78 is 27.2. The van der Waals surface area contributed by atoms with Crippen molar-refractivity contribution in [3.63, 3.8) is 0 Å². The van der Waals surface area contributed by atoms with E-state index in [1.165, 1.54) is 4.31 Å². The lowest BCUT2D eigenvalue weighted by molar-refractivity contribution is 0.385. The number of imidazole rings is 1. The Morgan fingerprint density at radius 1 is 1.43 bits per heavy atom. The Balaban J connectivity index is 2.01. The molecule has 1 saturated heterocycles. The van der Waals surface area contributed by atoms with Gasteiger partial charge in [-0.15, -0.1) is 0 Å². The van der Waals surface area contributed by atoms with Gasteiger partial charge in [-0.2, -0.15) is 4.31 Å². The van der Waals surface area contributed by atoms with Crippen molar-refractivity contribution < 1.29 is 8.42 Å². The van der Waals surface area contributed by atoms with E-state index in [0.717, 1.165) is 18.4 Å². The number of rotatable bonds is 3.